The monoisotopic (exact) mass is 436 g/mol. The zero-order valence-corrected chi connectivity index (χ0v) is 16.8. The van der Waals surface area contributed by atoms with E-state index < -0.39 is 4.92 Å². The number of anilines is 1. The smallest absolute Gasteiger partial charge is 0.269 e. The first-order valence-electron chi connectivity index (χ1n) is 8.26. The first-order valence-corrected chi connectivity index (χ1v) is 9.39. The Hall–Kier alpha value is -2.47. The molecule has 0 aliphatic rings. The molecule has 0 radical (unpaired) electrons. The number of nitrogens with zero attached hydrogens (tertiary/aromatic N) is 1. The van der Waals surface area contributed by atoms with Crippen molar-refractivity contribution >= 4 is 46.2 Å². The predicted molar refractivity (Wildman–Crippen MR) is 113 cm³/mol. The Morgan fingerprint density at radius 3 is 2.25 bits per heavy atom. The van der Waals surface area contributed by atoms with E-state index in [1.54, 1.807) is 42.5 Å². The molecule has 0 aliphatic heterocycles. The van der Waals surface area contributed by atoms with Crippen LogP contribution in [0.4, 0.5) is 11.4 Å². The number of benzene rings is 3. The van der Waals surface area contributed by atoms with Crippen molar-refractivity contribution in [2.75, 3.05) is 5.32 Å². The highest BCUT2D eigenvalue weighted by Crippen LogP contribution is 2.27. The first-order chi connectivity index (χ1) is 13.4. The topological polar surface area (TPSA) is 64.4 Å². The molecule has 144 valence electrons. The van der Waals surface area contributed by atoms with Gasteiger partial charge in [-0.2, -0.15) is 0 Å². The third-order valence-corrected chi connectivity index (χ3v) is 4.80. The van der Waals surface area contributed by atoms with Gasteiger partial charge >= 0.3 is 0 Å². The molecule has 0 unspecified atom stereocenters. The molecule has 0 bridgehead atoms. The average molecular weight is 438 g/mol. The summed E-state index contributed by atoms with van der Waals surface area (Å²) >= 11 is 18.2. The van der Waals surface area contributed by atoms with E-state index in [-0.39, 0.29) is 12.3 Å². The lowest BCUT2D eigenvalue weighted by Gasteiger charge is -2.14. The Balaban J connectivity index is 1.70. The number of ether oxygens (including phenoxy) is 1. The number of halogens is 3. The van der Waals surface area contributed by atoms with Crippen LogP contribution in [0, 0.1) is 10.1 Å². The van der Waals surface area contributed by atoms with Crippen LogP contribution in [0.5, 0.6) is 5.75 Å². The van der Waals surface area contributed by atoms with Crippen LogP contribution < -0.4 is 10.1 Å². The minimum atomic E-state index is -0.436. The fraction of sp³-hybridized carbons (Fsp3) is 0.100. The highest BCUT2D eigenvalue weighted by molar-refractivity contribution is 6.35. The van der Waals surface area contributed by atoms with E-state index >= 15 is 0 Å². The molecule has 0 fully saturated rings. The van der Waals surface area contributed by atoms with Crippen molar-refractivity contribution in [3.8, 4) is 5.75 Å². The molecule has 3 aromatic carbocycles. The molecule has 0 amide bonds. The Morgan fingerprint density at radius 2 is 1.57 bits per heavy atom. The minimum absolute atomic E-state index is 0.0390. The summed E-state index contributed by atoms with van der Waals surface area (Å²) in [6.45, 7) is 0.713. The number of hydrogen-bond acceptors (Lipinski definition) is 4. The largest absolute Gasteiger partial charge is 0.488 e. The van der Waals surface area contributed by atoms with E-state index in [1.165, 1.54) is 12.1 Å². The molecule has 3 aromatic rings. The van der Waals surface area contributed by atoms with Crippen LogP contribution in [-0.2, 0) is 13.2 Å². The molecule has 0 saturated carbocycles. The Kier molecular flexibility index (Phi) is 6.62. The zero-order chi connectivity index (χ0) is 20.1. The van der Waals surface area contributed by atoms with Gasteiger partial charge in [0.15, 0.2) is 0 Å². The third-order valence-electron chi connectivity index (χ3n) is 3.98. The van der Waals surface area contributed by atoms with Crippen molar-refractivity contribution < 1.29 is 9.66 Å². The SMILES string of the molecule is O=[N+]([O-])c1ccc(NCc2cc(Cl)ccc2OCc2ccc(Cl)cc2Cl)cc1. The number of hydrogen-bond donors (Lipinski definition) is 1. The highest BCUT2D eigenvalue weighted by atomic mass is 35.5. The number of rotatable bonds is 7. The van der Waals surface area contributed by atoms with Gasteiger partial charge in [-0.25, -0.2) is 0 Å². The Bertz CT molecular complexity index is 994. The average Bonchev–Trinajstić information content (AvgIpc) is 2.67. The van der Waals surface area contributed by atoms with Crippen LogP contribution in [0.3, 0.4) is 0 Å². The zero-order valence-electron chi connectivity index (χ0n) is 14.5. The van der Waals surface area contributed by atoms with Crippen molar-refractivity contribution in [2.24, 2.45) is 0 Å². The summed E-state index contributed by atoms with van der Waals surface area (Å²) in [7, 11) is 0. The Morgan fingerprint density at radius 1 is 0.893 bits per heavy atom. The minimum Gasteiger partial charge on any atom is -0.488 e. The maximum atomic E-state index is 10.7. The first kappa shape index (κ1) is 20.3. The van der Waals surface area contributed by atoms with Gasteiger partial charge in [-0.15, -0.1) is 0 Å². The van der Waals surface area contributed by atoms with Gasteiger partial charge in [0.1, 0.15) is 12.4 Å². The summed E-state index contributed by atoms with van der Waals surface area (Å²) < 4.78 is 5.92. The molecule has 0 atom stereocenters. The number of non-ortho nitro benzene ring substituents is 1. The summed E-state index contributed by atoms with van der Waals surface area (Å²) in [6.07, 6.45) is 0. The predicted octanol–water partition coefficient (Wildman–Crippen LogP) is 6.75. The van der Waals surface area contributed by atoms with Crippen LogP contribution in [0.25, 0.3) is 0 Å². The third kappa shape index (κ3) is 5.29. The van der Waals surface area contributed by atoms with Gasteiger partial charge in [-0.05, 0) is 42.5 Å². The summed E-state index contributed by atoms with van der Waals surface area (Å²) in [4.78, 5) is 10.3. The van der Waals surface area contributed by atoms with Crippen LogP contribution in [0.15, 0.2) is 60.7 Å². The molecule has 28 heavy (non-hydrogen) atoms. The second kappa shape index (κ2) is 9.15. The molecule has 0 aromatic heterocycles. The van der Waals surface area contributed by atoms with Crippen LogP contribution in [0.1, 0.15) is 11.1 Å². The van der Waals surface area contributed by atoms with E-state index in [0.717, 1.165) is 16.8 Å². The van der Waals surface area contributed by atoms with E-state index in [4.69, 9.17) is 39.5 Å². The molecular formula is C20H15Cl3N2O3. The maximum absolute atomic E-state index is 10.7. The summed E-state index contributed by atoms with van der Waals surface area (Å²) in [5.41, 5.74) is 2.45. The fourth-order valence-electron chi connectivity index (χ4n) is 2.52. The van der Waals surface area contributed by atoms with Gasteiger partial charge in [0.05, 0.1) is 4.92 Å². The number of nitro groups is 1. The van der Waals surface area contributed by atoms with Gasteiger partial charge in [0.25, 0.3) is 5.69 Å². The van der Waals surface area contributed by atoms with Crippen molar-refractivity contribution in [1.29, 1.82) is 0 Å². The van der Waals surface area contributed by atoms with Crippen molar-refractivity contribution in [1.82, 2.24) is 0 Å². The molecule has 0 heterocycles. The molecule has 8 heteroatoms. The van der Waals surface area contributed by atoms with E-state index in [9.17, 15) is 10.1 Å². The maximum Gasteiger partial charge on any atom is 0.269 e. The quantitative estimate of drug-likeness (QED) is 0.328. The van der Waals surface area contributed by atoms with Gasteiger partial charge in [-0.1, -0.05) is 40.9 Å². The van der Waals surface area contributed by atoms with Crippen LogP contribution in [-0.4, -0.2) is 4.92 Å². The number of nitrogens with one attached hydrogen (secondary N) is 1. The van der Waals surface area contributed by atoms with Gasteiger partial charge in [-0.3, -0.25) is 10.1 Å². The van der Waals surface area contributed by atoms with Crippen molar-refractivity contribution in [2.45, 2.75) is 13.2 Å². The molecule has 1 N–H and O–H groups in total. The molecule has 5 nitrogen and oxygen atoms in total. The molecule has 3 rings (SSSR count). The standard InChI is InChI=1S/C20H15Cl3N2O3/c21-15-3-8-20(28-12-13-1-2-16(22)10-19(13)23)14(9-15)11-24-17-4-6-18(7-5-17)25(26)27/h1-10,24H,11-12H2. The molecule has 0 saturated heterocycles. The molecular weight excluding hydrogens is 423 g/mol. The highest BCUT2D eigenvalue weighted by Gasteiger charge is 2.09. The lowest BCUT2D eigenvalue weighted by atomic mass is 10.2. The lowest BCUT2D eigenvalue weighted by Crippen LogP contribution is -2.04. The van der Waals surface area contributed by atoms with E-state index in [2.05, 4.69) is 5.32 Å². The number of nitro benzene ring substituents is 1. The van der Waals surface area contributed by atoms with Crippen molar-refractivity contribution in [3.63, 3.8) is 0 Å². The van der Waals surface area contributed by atoms with Gasteiger partial charge < -0.3 is 10.1 Å². The fourth-order valence-corrected chi connectivity index (χ4v) is 3.18. The summed E-state index contributed by atoms with van der Waals surface area (Å²) in [5.74, 6) is 0.657. The normalized spacial score (nSPS) is 10.5. The van der Waals surface area contributed by atoms with Gasteiger partial charge in [0, 0.05) is 50.6 Å². The van der Waals surface area contributed by atoms with Crippen molar-refractivity contribution in [3.05, 3.63) is 97.0 Å². The van der Waals surface area contributed by atoms with E-state index in [1.807, 2.05) is 6.07 Å². The Labute approximate surface area is 177 Å². The summed E-state index contributed by atoms with van der Waals surface area (Å²) in [5, 5.41) is 15.6. The lowest BCUT2D eigenvalue weighted by molar-refractivity contribution is -0.384. The van der Waals surface area contributed by atoms with Crippen LogP contribution >= 0.6 is 34.8 Å². The van der Waals surface area contributed by atoms with Crippen LogP contribution in [0.2, 0.25) is 15.1 Å². The summed E-state index contributed by atoms with van der Waals surface area (Å²) in [6, 6.07) is 16.8. The molecule has 0 spiro atoms. The molecule has 0 aliphatic carbocycles. The second-order valence-electron chi connectivity index (χ2n) is 5.93. The second-order valence-corrected chi connectivity index (χ2v) is 7.21. The van der Waals surface area contributed by atoms with E-state index in [0.29, 0.717) is 27.4 Å². The van der Waals surface area contributed by atoms with Gasteiger partial charge in [0.2, 0.25) is 0 Å².